The van der Waals surface area contributed by atoms with E-state index in [2.05, 4.69) is 71.6 Å². The summed E-state index contributed by atoms with van der Waals surface area (Å²) >= 11 is 5.71. The third-order valence-corrected chi connectivity index (χ3v) is 4.14. The highest BCUT2D eigenvalue weighted by molar-refractivity contribution is 7.99. The van der Waals surface area contributed by atoms with Crippen molar-refractivity contribution in [2.75, 3.05) is 5.32 Å². The molecule has 2 heterocycles. The van der Waals surface area contributed by atoms with Gasteiger partial charge in [-0.3, -0.25) is 3.97 Å². The van der Waals surface area contributed by atoms with Gasteiger partial charge in [0.1, 0.15) is 6.33 Å². The maximum absolute atomic E-state index is 3.89. The normalized spacial score (nSPS) is 11.4. The summed E-state index contributed by atoms with van der Waals surface area (Å²) < 4.78 is 1.58. The highest BCUT2D eigenvalue weighted by Crippen LogP contribution is 2.43. The van der Waals surface area contributed by atoms with Gasteiger partial charge < -0.3 is 5.32 Å². The van der Waals surface area contributed by atoms with Crippen molar-refractivity contribution in [1.29, 1.82) is 0 Å². The SMILES string of the molecule is Sn1ccnc1.c1ccc2c(c1)Nc1ccccc1S2. The zero-order valence-electron chi connectivity index (χ0n) is 10.6. The molecule has 0 radical (unpaired) electrons. The second kappa shape index (κ2) is 6.07. The molecule has 4 rings (SSSR count). The number of imidazole rings is 1. The van der Waals surface area contributed by atoms with Crippen molar-refractivity contribution >= 4 is 36.0 Å². The van der Waals surface area contributed by atoms with E-state index in [0.29, 0.717) is 0 Å². The van der Waals surface area contributed by atoms with Crippen LogP contribution in [0, 0.1) is 0 Å². The predicted octanol–water partition coefficient (Wildman–Crippen LogP) is 4.47. The van der Waals surface area contributed by atoms with Gasteiger partial charge in [-0.2, -0.15) is 0 Å². The van der Waals surface area contributed by atoms with Crippen molar-refractivity contribution in [1.82, 2.24) is 8.96 Å². The standard InChI is InChI=1S/C12H9NS.C3H4N2S/c1-3-7-11-9(5-1)13-10-6-2-4-8-12(10)14-11;6-5-2-1-4-3-5/h1-8,13H;1-3,6H. The lowest BCUT2D eigenvalue weighted by Gasteiger charge is -2.19. The number of anilines is 2. The number of hydrogen-bond donors (Lipinski definition) is 2. The van der Waals surface area contributed by atoms with Crippen molar-refractivity contribution in [3.05, 3.63) is 67.3 Å². The van der Waals surface area contributed by atoms with Crippen LogP contribution >= 0.6 is 24.6 Å². The molecule has 0 amide bonds. The van der Waals surface area contributed by atoms with E-state index in [0.717, 1.165) is 0 Å². The van der Waals surface area contributed by atoms with Crippen molar-refractivity contribution in [2.45, 2.75) is 9.79 Å². The molecule has 3 aromatic rings. The molecule has 100 valence electrons. The zero-order valence-corrected chi connectivity index (χ0v) is 12.3. The van der Waals surface area contributed by atoms with Crippen LogP contribution in [0.3, 0.4) is 0 Å². The number of aromatic nitrogens is 2. The fourth-order valence-electron chi connectivity index (χ4n) is 1.83. The van der Waals surface area contributed by atoms with Crippen LogP contribution < -0.4 is 5.32 Å². The Kier molecular flexibility index (Phi) is 3.99. The molecule has 0 spiro atoms. The van der Waals surface area contributed by atoms with E-state index >= 15 is 0 Å². The molecule has 1 aliphatic rings. The minimum Gasteiger partial charge on any atom is -0.354 e. The molecule has 0 aliphatic carbocycles. The number of nitrogens with zero attached hydrogens (tertiary/aromatic N) is 2. The lowest BCUT2D eigenvalue weighted by atomic mass is 10.2. The van der Waals surface area contributed by atoms with Gasteiger partial charge in [-0.05, 0) is 24.3 Å². The first-order chi connectivity index (χ1) is 9.83. The van der Waals surface area contributed by atoms with Gasteiger partial charge in [0.15, 0.2) is 0 Å². The number of fused-ring (bicyclic) bond motifs is 2. The summed E-state index contributed by atoms with van der Waals surface area (Å²) in [6, 6.07) is 16.8. The van der Waals surface area contributed by atoms with Crippen molar-refractivity contribution in [3.8, 4) is 0 Å². The minimum absolute atomic E-state index is 1.20. The van der Waals surface area contributed by atoms with Crippen molar-refractivity contribution in [3.63, 3.8) is 0 Å². The largest absolute Gasteiger partial charge is 0.354 e. The van der Waals surface area contributed by atoms with Gasteiger partial charge in [0.2, 0.25) is 0 Å². The number of hydrogen-bond acceptors (Lipinski definition) is 4. The number of para-hydroxylation sites is 2. The van der Waals surface area contributed by atoms with Crippen LogP contribution in [0.15, 0.2) is 77.0 Å². The second-order valence-electron chi connectivity index (χ2n) is 4.16. The number of benzene rings is 2. The van der Waals surface area contributed by atoms with E-state index in [1.54, 1.807) is 22.7 Å². The molecule has 3 nitrogen and oxygen atoms in total. The quantitative estimate of drug-likeness (QED) is 0.469. The Morgan fingerprint density at radius 2 is 1.55 bits per heavy atom. The molecule has 2 aromatic carbocycles. The van der Waals surface area contributed by atoms with Gasteiger partial charge in [-0.1, -0.05) is 48.8 Å². The zero-order chi connectivity index (χ0) is 13.8. The highest BCUT2D eigenvalue weighted by Gasteiger charge is 2.13. The molecule has 0 saturated heterocycles. The summed E-state index contributed by atoms with van der Waals surface area (Å²) in [5, 5.41) is 3.42. The van der Waals surface area contributed by atoms with Gasteiger partial charge in [0, 0.05) is 22.2 Å². The molecule has 5 heteroatoms. The van der Waals surface area contributed by atoms with Gasteiger partial charge in [0.25, 0.3) is 0 Å². The molecule has 0 bridgehead atoms. The average molecular weight is 299 g/mol. The van der Waals surface area contributed by atoms with E-state index in [4.69, 9.17) is 0 Å². The van der Waals surface area contributed by atoms with Crippen LogP contribution in [-0.4, -0.2) is 8.96 Å². The minimum atomic E-state index is 1.20. The maximum Gasteiger partial charge on any atom is 0.104 e. The fourth-order valence-corrected chi connectivity index (χ4v) is 2.94. The second-order valence-corrected chi connectivity index (χ2v) is 5.71. The van der Waals surface area contributed by atoms with E-state index in [1.807, 2.05) is 11.8 Å². The Bertz CT molecular complexity index is 608. The van der Waals surface area contributed by atoms with Crippen molar-refractivity contribution in [2.24, 2.45) is 0 Å². The van der Waals surface area contributed by atoms with E-state index in [9.17, 15) is 0 Å². The molecule has 20 heavy (non-hydrogen) atoms. The van der Waals surface area contributed by atoms with Gasteiger partial charge in [0.05, 0.1) is 11.4 Å². The lowest BCUT2D eigenvalue weighted by molar-refractivity contribution is 1.25. The van der Waals surface area contributed by atoms with Crippen LogP contribution in [0.4, 0.5) is 11.4 Å². The van der Waals surface area contributed by atoms with E-state index in [1.165, 1.54) is 21.2 Å². The molecule has 1 aliphatic heterocycles. The van der Waals surface area contributed by atoms with Gasteiger partial charge in [-0.25, -0.2) is 4.98 Å². The molecule has 1 aromatic heterocycles. The molecule has 0 unspecified atom stereocenters. The first-order valence-corrected chi connectivity index (χ1v) is 7.35. The smallest absolute Gasteiger partial charge is 0.104 e. The summed E-state index contributed by atoms with van der Waals surface area (Å²) in [4.78, 5) is 6.30. The van der Waals surface area contributed by atoms with E-state index in [-0.39, 0.29) is 0 Å². The van der Waals surface area contributed by atoms with Crippen LogP contribution in [0.2, 0.25) is 0 Å². The highest BCUT2D eigenvalue weighted by atomic mass is 32.2. The molecule has 1 N–H and O–H groups in total. The Balaban J connectivity index is 0.000000170. The monoisotopic (exact) mass is 299 g/mol. The summed E-state index contributed by atoms with van der Waals surface area (Å²) in [5.74, 6) is 0. The van der Waals surface area contributed by atoms with Gasteiger partial charge in [-0.15, -0.1) is 0 Å². The molecule has 0 fully saturated rings. The summed E-state index contributed by atoms with van der Waals surface area (Å²) in [5.41, 5.74) is 2.41. The van der Waals surface area contributed by atoms with Crippen LogP contribution in [0.5, 0.6) is 0 Å². The third kappa shape index (κ3) is 3.00. The molecular weight excluding hydrogens is 286 g/mol. The van der Waals surface area contributed by atoms with Crippen LogP contribution in [0.25, 0.3) is 0 Å². The van der Waals surface area contributed by atoms with E-state index < -0.39 is 0 Å². The molecular formula is C15H13N3S2. The Morgan fingerprint density at radius 3 is 2.00 bits per heavy atom. The fraction of sp³-hybridized carbons (Fsp3) is 0. The Hall–Kier alpha value is -1.85. The number of thiol groups is 1. The molecule has 0 atom stereocenters. The van der Waals surface area contributed by atoms with Crippen molar-refractivity contribution < 1.29 is 0 Å². The first-order valence-electron chi connectivity index (χ1n) is 6.13. The number of nitrogens with one attached hydrogen (secondary N) is 1. The lowest BCUT2D eigenvalue weighted by Crippen LogP contribution is -1.98. The summed E-state index contributed by atoms with van der Waals surface area (Å²) in [6.07, 6.45) is 5.04. The first kappa shape index (κ1) is 13.1. The van der Waals surface area contributed by atoms with Gasteiger partial charge >= 0.3 is 0 Å². The average Bonchev–Trinajstić information content (AvgIpc) is 2.97. The summed E-state index contributed by atoms with van der Waals surface area (Å²) in [6.45, 7) is 0. The predicted molar refractivity (Wildman–Crippen MR) is 86.9 cm³/mol. The number of rotatable bonds is 0. The third-order valence-electron chi connectivity index (χ3n) is 2.75. The topological polar surface area (TPSA) is 29.9 Å². The Morgan fingerprint density at radius 1 is 0.950 bits per heavy atom. The summed E-state index contributed by atoms with van der Waals surface area (Å²) in [7, 11) is 0. The van der Waals surface area contributed by atoms with Crippen LogP contribution in [-0.2, 0) is 0 Å². The van der Waals surface area contributed by atoms with Crippen LogP contribution in [0.1, 0.15) is 0 Å². The maximum atomic E-state index is 3.89. The Labute approximate surface area is 127 Å². The molecule has 0 saturated carbocycles.